The first-order valence-electron chi connectivity index (χ1n) is 13.8. The second-order valence-corrected chi connectivity index (χ2v) is 9.84. The number of aromatic nitrogens is 2. The Bertz CT molecular complexity index is 1290. The van der Waals surface area contributed by atoms with Gasteiger partial charge >= 0.3 is 23.6 Å². The fraction of sp³-hybridized carbons (Fsp3) is 0.621. The van der Waals surface area contributed by atoms with Crippen LogP contribution < -0.4 is 5.69 Å². The molecule has 0 saturated carbocycles. The molecule has 2 aromatic heterocycles. The van der Waals surface area contributed by atoms with Crippen molar-refractivity contribution in [3.05, 3.63) is 28.5 Å². The van der Waals surface area contributed by atoms with Gasteiger partial charge in [-0.05, 0) is 12.3 Å². The summed E-state index contributed by atoms with van der Waals surface area (Å²) in [4.78, 5) is 52.0. The minimum Gasteiger partial charge on any atom is -0.463 e. The standard InChI is InChI=1S/C29H38N2O9/c1-5-6-7-8-9-10-11-12-13-14-15-23-16-22-17-31(29(35)30-27(22)39-23)28-26(38-21(4)34)25(37-20(3)33)24(40-28)18-36-19(2)32/h16-17,24-26,28H,5-13,18H2,1-4H3/t24-,25-,26+,28-/m1/s1. The zero-order valence-corrected chi connectivity index (χ0v) is 23.6. The molecular formula is C29H38N2O9. The minimum atomic E-state index is -1.20. The van der Waals surface area contributed by atoms with Gasteiger partial charge in [0.25, 0.3) is 0 Å². The maximum Gasteiger partial charge on any atom is 0.353 e. The fourth-order valence-corrected chi connectivity index (χ4v) is 4.58. The summed E-state index contributed by atoms with van der Waals surface area (Å²) in [5, 5.41) is 0.480. The van der Waals surface area contributed by atoms with E-state index in [1.54, 1.807) is 6.07 Å². The van der Waals surface area contributed by atoms with E-state index < -0.39 is 48.1 Å². The largest absolute Gasteiger partial charge is 0.463 e. The summed E-state index contributed by atoms with van der Waals surface area (Å²) in [5.74, 6) is 4.55. The van der Waals surface area contributed by atoms with Crippen LogP contribution >= 0.6 is 0 Å². The third-order valence-electron chi connectivity index (χ3n) is 6.42. The number of hydrogen-bond acceptors (Lipinski definition) is 10. The molecule has 0 N–H and O–H groups in total. The number of esters is 3. The van der Waals surface area contributed by atoms with Crippen LogP contribution in [0.3, 0.4) is 0 Å². The Hall–Kier alpha value is -3.65. The van der Waals surface area contributed by atoms with E-state index in [2.05, 4.69) is 23.7 Å². The summed E-state index contributed by atoms with van der Waals surface area (Å²) in [7, 11) is 0. The molecule has 0 unspecified atom stereocenters. The highest BCUT2D eigenvalue weighted by Gasteiger charge is 2.51. The molecule has 3 heterocycles. The maximum atomic E-state index is 12.9. The van der Waals surface area contributed by atoms with Crippen LogP contribution in [0.5, 0.6) is 0 Å². The average Bonchev–Trinajstić information content (AvgIpc) is 3.42. The highest BCUT2D eigenvalue weighted by atomic mass is 16.7. The molecule has 0 spiro atoms. The smallest absolute Gasteiger partial charge is 0.353 e. The molecule has 3 rings (SSSR count). The summed E-state index contributed by atoms with van der Waals surface area (Å²) in [6.45, 7) is 5.51. The molecule has 0 radical (unpaired) electrons. The van der Waals surface area contributed by atoms with Gasteiger partial charge in [0, 0.05) is 39.5 Å². The number of carbonyl (C=O) groups is 3. The summed E-state index contributed by atoms with van der Waals surface area (Å²) >= 11 is 0. The van der Waals surface area contributed by atoms with E-state index in [0.29, 0.717) is 11.1 Å². The van der Waals surface area contributed by atoms with Crippen molar-refractivity contribution in [3.8, 4) is 11.8 Å². The van der Waals surface area contributed by atoms with Crippen molar-refractivity contribution in [2.24, 2.45) is 0 Å². The molecule has 0 bridgehead atoms. The molecular weight excluding hydrogens is 520 g/mol. The number of carbonyl (C=O) groups excluding carboxylic acids is 3. The Morgan fingerprint density at radius 2 is 1.60 bits per heavy atom. The van der Waals surface area contributed by atoms with E-state index in [1.807, 2.05) is 0 Å². The third kappa shape index (κ3) is 8.95. The van der Waals surface area contributed by atoms with Crippen molar-refractivity contribution in [2.75, 3.05) is 6.61 Å². The van der Waals surface area contributed by atoms with Crippen LogP contribution in [0.4, 0.5) is 0 Å². The molecule has 1 saturated heterocycles. The first-order chi connectivity index (χ1) is 19.2. The van der Waals surface area contributed by atoms with Gasteiger partial charge in [-0.2, -0.15) is 4.98 Å². The highest BCUT2D eigenvalue weighted by Crippen LogP contribution is 2.34. The van der Waals surface area contributed by atoms with Crippen LogP contribution in [0, 0.1) is 11.8 Å². The van der Waals surface area contributed by atoms with Gasteiger partial charge in [-0.3, -0.25) is 19.0 Å². The zero-order chi connectivity index (χ0) is 29.1. The van der Waals surface area contributed by atoms with Crippen molar-refractivity contribution >= 4 is 29.0 Å². The summed E-state index contributed by atoms with van der Waals surface area (Å²) in [5.41, 5.74) is -0.634. The van der Waals surface area contributed by atoms with Gasteiger partial charge in [0.05, 0.1) is 5.39 Å². The Morgan fingerprint density at radius 3 is 2.25 bits per heavy atom. The predicted molar refractivity (Wildman–Crippen MR) is 144 cm³/mol. The van der Waals surface area contributed by atoms with Gasteiger partial charge in [-0.1, -0.05) is 57.8 Å². The lowest BCUT2D eigenvalue weighted by molar-refractivity contribution is -0.166. The van der Waals surface area contributed by atoms with Crippen LogP contribution in [0.1, 0.15) is 97.5 Å². The Kier molecular flexibility index (Phi) is 11.8. The lowest BCUT2D eigenvalue weighted by atomic mass is 10.1. The lowest BCUT2D eigenvalue weighted by Crippen LogP contribution is -2.41. The lowest BCUT2D eigenvalue weighted by Gasteiger charge is -2.23. The monoisotopic (exact) mass is 558 g/mol. The van der Waals surface area contributed by atoms with Crippen LogP contribution in [0.15, 0.2) is 21.5 Å². The van der Waals surface area contributed by atoms with Crippen LogP contribution in [-0.4, -0.2) is 52.4 Å². The van der Waals surface area contributed by atoms with E-state index in [0.717, 1.165) is 23.8 Å². The maximum absolute atomic E-state index is 12.9. The Morgan fingerprint density at radius 1 is 0.950 bits per heavy atom. The van der Waals surface area contributed by atoms with Gasteiger partial charge in [0.1, 0.15) is 12.7 Å². The molecule has 218 valence electrons. The first kappa shape index (κ1) is 30.9. The molecule has 1 aliphatic rings. The van der Waals surface area contributed by atoms with Crippen molar-refractivity contribution < 1.29 is 37.7 Å². The Labute approximate surface area is 233 Å². The zero-order valence-electron chi connectivity index (χ0n) is 23.6. The molecule has 0 amide bonds. The molecule has 1 fully saturated rings. The quantitative estimate of drug-likeness (QED) is 0.152. The molecule has 0 aromatic carbocycles. The number of fused-ring (bicyclic) bond motifs is 1. The average molecular weight is 559 g/mol. The number of furan rings is 1. The minimum absolute atomic E-state index is 0.104. The number of nitrogens with zero attached hydrogens (tertiary/aromatic N) is 2. The third-order valence-corrected chi connectivity index (χ3v) is 6.42. The van der Waals surface area contributed by atoms with E-state index >= 15 is 0 Å². The number of rotatable bonds is 13. The highest BCUT2D eigenvalue weighted by molar-refractivity contribution is 5.74. The van der Waals surface area contributed by atoms with Crippen molar-refractivity contribution in [3.63, 3.8) is 0 Å². The van der Waals surface area contributed by atoms with Crippen LogP contribution in [0.2, 0.25) is 0 Å². The number of ether oxygens (including phenoxy) is 4. The Balaban J connectivity index is 1.74. The van der Waals surface area contributed by atoms with Crippen molar-refractivity contribution in [1.82, 2.24) is 9.55 Å². The molecule has 1 aliphatic heterocycles. The van der Waals surface area contributed by atoms with Gasteiger partial charge in [-0.15, -0.1) is 0 Å². The van der Waals surface area contributed by atoms with Crippen molar-refractivity contribution in [2.45, 2.75) is 110 Å². The van der Waals surface area contributed by atoms with Gasteiger partial charge in [0.15, 0.2) is 24.2 Å². The molecule has 11 heteroatoms. The number of unbranched alkanes of at least 4 members (excludes halogenated alkanes) is 8. The van der Waals surface area contributed by atoms with Crippen LogP contribution in [0.25, 0.3) is 11.1 Å². The molecule has 4 atom stereocenters. The van der Waals surface area contributed by atoms with Gasteiger partial charge in [-0.25, -0.2) is 4.79 Å². The SMILES string of the molecule is CCCCCCCCCCC#Cc1cc2cn([C@@H]3O[C@H](COC(C)=O)[C@@H](OC(C)=O)[C@@H]3OC(C)=O)c(=O)nc2o1. The fourth-order valence-electron chi connectivity index (χ4n) is 4.58. The second kappa shape index (κ2) is 15.2. The molecule has 0 aliphatic carbocycles. The van der Waals surface area contributed by atoms with Crippen LogP contribution in [-0.2, 0) is 33.3 Å². The number of hydrogen-bond donors (Lipinski definition) is 0. The van der Waals surface area contributed by atoms with Crippen molar-refractivity contribution in [1.29, 1.82) is 0 Å². The van der Waals surface area contributed by atoms with E-state index in [1.165, 1.54) is 65.5 Å². The first-order valence-corrected chi connectivity index (χ1v) is 13.8. The van der Waals surface area contributed by atoms with E-state index in [-0.39, 0.29) is 12.3 Å². The molecule has 40 heavy (non-hydrogen) atoms. The second-order valence-electron chi connectivity index (χ2n) is 9.84. The summed E-state index contributed by atoms with van der Waals surface area (Å²) in [6, 6.07) is 1.66. The van der Waals surface area contributed by atoms with Gasteiger partial charge < -0.3 is 23.4 Å². The topological polar surface area (TPSA) is 136 Å². The molecule has 11 nitrogen and oxygen atoms in total. The predicted octanol–water partition coefficient (Wildman–Crippen LogP) is 4.20. The molecule has 2 aromatic rings. The summed E-state index contributed by atoms with van der Waals surface area (Å²) in [6.07, 6.45) is 7.45. The van der Waals surface area contributed by atoms with Gasteiger partial charge in [0.2, 0.25) is 5.71 Å². The summed E-state index contributed by atoms with van der Waals surface area (Å²) < 4.78 is 28.5. The van der Waals surface area contributed by atoms with E-state index in [9.17, 15) is 19.2 Å². The van der Waals surface area contributed by atoms with E-state index in [4.69, 9.17) is 23.4 Å². The normalized spacial score (nSPS) is 20.1.